The maximum atomic E-state index is 4.92. The molecule has 4 aliphatic rings. The van der Waals surface area contributed by atoms with Crippen LogP contribution in [-0.2, 0) is 5.41 Å². The second-order valence-electron chi connectivity index (χ2n) is 8.82. The number of allylic oxidation sites excluding steroid dienone is 2. The van der Waals surface area contributed by atoms with Gasteiger partial charge < -0.3 is 15.1 Å². The monoisotopic (exact) mass is 400 g/mol. The van der Waals surface area contributed by atoms with Crippen molar-refractivity contribution in [3.05, 3.63) is 53.6 Å². The number of hydrogen-bond donors (Lipinski definition) is 1. The van der Waals surface area contributed by atoms with Crippen molar-refractivity contribution in [3.8, 4) is 0 Å². The van der Waals surface area contributed by atoms with Crippen LogP contribution in [0.3, 0.4) is 0 Å². The summed E-state index contributed by atoms with van der Waals surface area (Å²) in [7, 11) is 0. The molecular formula is C24H28N6. The van der Waals surface area contributed by atoms with Crippen LogP contribution in [-0.4, -0.2) is 49.0 Å². The fourth-order valence-electron chi connectivity index (χ4n) is 5.84. The first-order chi connectivity index (χ1) is 14.9. The Kier molecular flexibility index (Phi) is 4.34. The van der Waals surface area contributed by atoms with Gasteiger partial charge in [-0.25, -0.2) is 4.98 Å². The number of rotatable bonds is 2. The van der Waals surface area contributed by atoms with Gasteiger partial charge in [0.25, 0.3) is 0 Å². The minimum absolute atomic E-state index is 0.0580. The highest BCUT2D eigenvalue weighted by atomic mass is 15.3. The van der Waals surface area contributed by atoms with Gasteiger partial charge in [-0.15, -0.1) is 0 Å². The van der Waals surface area contributed by atoms with E-state index < -0.39 is 0 Å². The number of pyridine rings is 2. The molecule has 2 aromatic rings. The van der Waals surface area contributed by atoms with Crippen LogP contribution in [0.1, 0.15) is 43.2 Å². The van der Waals surface area contributed by atoms with Crippen molar-refractivity contribution >= 4 is 23.3 Å². The third kappa shape index (κ3) is 2.70. The van der Waals surface area contributed by atoms with E-state index in [4.69, 9.17) is 9.98 Å². The van der Waals surface area contributed by atoms with Crippen LogP contribution in [0.4, 0.5) is 11.5 Å². The lowest BCUT2D eigenvalue weighted by Gasteiger charge is -2.42. The van der Waals surface area contributed by atoms with Gasteiger partial charge in [0.05, 0.1) is 11.9 Å². The molecule has 0 amide bonds. The first-order valence-electron chi connectivity index (χ1n) is 11.3. The Morgan fingerprint density at radius 2 is 1.83 bits per heavy atom. The Morgan fingerprint density at radius 1 is 0.967 bits per heavy atom. The number of nitrogens with one attached hydrogen (secondary N) is 1. The summed E-state index contributed by atoms with van der Waals surface area (Å²) in [5.41, 5.74) is 6.65. The van der Waals surface area contributed by atoms with Gasteiger partial charge in [0.1, 0.15) is 12.5 Å². The molecular weight excluding hydrogens is 372 g/mol. The lowest BCUT2D eigenvalue weighted by molar-refractivity contribution is 0.337. The van der Waals surface area contributed by atoms with Gasteiger partial charge in [0.2, 0.25) is 0 Å². The van der Waals surface area contributed by atoms with E-state index in [1.807, 2.05) is 12.4 Å². The van der Waals surface area contributed by atoms with Crippen molar-refractivity contribution in [1.29, 1.82) is 0 Å². The molecule has 0 bridgehead atoms. The maximum Gasteiger partial charge on any atom is 0.134 e. The minimum Gasteiger partial charge on any atom is -0.368 e. The van der Waals surface area contributed by atoms with Crippen LogP contribution in [0, 0.1) is 0 Å². The van der Waals surface area contributed by atoms with E-state index in [1.165, 1.54) is 60.2 Å². The van der Waals surface area contributed by atoms with Gasteiger partial charge in [0.15, 0.2) is 0 Å². The molecule has 1 N–H and O–H groups in total. The second kappa shape index (κ2) is 7.20. The molecule has 0 radical (unpaired) electrons. The summed E-state index contributed by atoms with van der Waals surface area (Å²) in [5, 5.41) is 3.42. The van der Waals surface area contributed by atoms with Crippen LogP contribution < -0.4 is 15.1 Å². The predicted molar refractivity (Wildman–Crippen MR) is 121 cm³/mol. The zero-order valence-electron chi connectivity index (χ0n) is 17.3. The highest BCUT2D eigenvalue weighted by Gasteiger charge is 2.48. The molecule has 1 saturated carbocycles. The third-order valence-corrected chi connectivity index (χ3v) is 7.25. The lowest BCUT2D eigenvalue weighted by atomic mass is 9.69. The molecule has 30 heavy (non-hydrogen) atoms. The molecule has 4 heterocycles. The van der Waals surface area contributed by atoms with E-state index in [0.717, 1.165) is 32.0 Å². The van der Waals surface area contributed by atoms with Crippen LogP contribution in [0.5, 0.6) is 0 Å². The normalized spacial score (nSPS) is 22.4. The van der Waals surface area contributed by atoms with Crippen molar-refractivity contribution < 1.29 is 0 Å². The largest absolute Gasteiger partial charge is 0.368 e. The van der Waals surface area contributed by atoms with E-state index in [-0.39, 0.29) is 5.41 Å². The predicted octanol–water partition coefficient (Wildman–Crippen LogP) is 3.36. The van der Waals surface area contributed by atoms with Crippen molar-refractivity contribution in [2.24, 2.45) is 4.99 Å². The molecule has 1 spiro atoms. The molecule has 2 aliphatic heterocycles. The van der Waals surface area contributed by atoms with Crippen LogP contribution in [0.2, 0.25) is 0 Å². The molecule has 2 aliphatic carbocycles. The van der Waals surface area contributed by atoms with E-state index >= 15 is 0 Å². The van der Waals surface area contributed by atoms with Gasteiger partial charge in [-0.3, -0.25) is 9.98 Å². The topological polar surface area (TPSA) is 56.6 Å². The number of hydrogen-bond acceptors (Lipinski definition) is 6. The standard InChI is InChI=1S/C24H28N6/c1-2-7-24(8-3-1)21-16-26-9-6-19(21)20-15-27-17-30(23(20)24)22-5-4-18(14-28-22)29-12-10-25-11-13-29/h4-6,9,14-16,25H,1-3,7-8,10-13,17H2. The van der Waals surface area contributed by atoms with Crippen molar-refractivity contribution in [2.45, 2.75) is 37.5 Å². The molecule has 0 unspecified atom stereocenters. The van der Waals surface area contributed by atoms with Gasteiger partial charge in [-0.1, -0.05) is 19.3 Å². The number of fused-ring (bicyclic) bond motifs is 4. The minimum atomic E-state index is 0.0580. The Hall–Kier alpha value is -2.73. The molecule has 2 aromatic heterocycles. The first kappa shape index (κ1) is 18.1. The zero-order valence-corrected chi connectivity index (χ0v) is 17.3. The number of anilines is 2. The van der Waals surface area contributed by atoms with E-state index in [1.54, 1.807) is 0 Å². The van der Waals surface area contributed by atoms with Crippen LogP contribution in [0.15, 0.2) is 47.5 Å². The third-order valence-electron chi connectivity index (χ3n) is 7.25. The Bertz CT molecular complexity index is 997. The van der Waals surface area contributed by atoms with Crippen molar-refractivity contribution in [1.82, 2.24) is 15.3 Å². The number of aromatic nitrogens is 2. The average molecular weight is 401 g/mol. The summed E-state index contributed by atoms with van der Waals surface area (Å²) in [6, 6.07) is 6.58. The van der Waals surface area contributed by atoms with Crippen LogP contribution in [0.25, 0.3) is 5.57 Å². The molecule has 0 atom stereocenters. The molecule has 154 valence electrons. The number of nitrogens with zero attached hydrogens (tertiary/aromatic N) is 5. The highest BCUT2D eigenvalue weighted by molar-refractivity contribution is 6.15. The molecule has 0 aromatic carbocycles. The average Bonchev–Trinajstić information content (AvgIpc) is 3.10. The SMILES string of the molecule is C1=NCN(c2ccc(N3CCNCC3)cn2)C2=C1c1ccncc1C21CCCCC1. The molecule has 6 nitrogen and oxygen atoms in total. The smallest absolute Gasteiger partial charge is 0.134 e. The Morgan fingerprint density at radius 3 is 2.63 bits per heavy atom. The van der Waals surface area contributed by atoms with Crippen molar-refractivity contribution in [3.63, 3.8) is 0 Å². The molecule has 6 heteroatoms. The first-order valence-corrected chi connectivity index (χ1v) is 11.3. The van der Waals surface area contributed by atoms with Gasteiger partial charge in [0, 0.05) is 61.5 Å². The summed E-state index contributed by atoms with van der Waals surface area (Å²) in [5.74, 6) is 1.00. The summed E-state index contributed by atoms with van der Waals surface area (Å²) in [4.78, 5) is 18.9. The van der Waals surface area contributed by atoms with Gasteiger partial charge >= 0.3 is 0 Å². The maximum absolute atomic E-state index is 4.92. The summed E-state index contributed by atoms with van der Waals surface area (Å²) in [6.07, 6.45) is 14.4. The second-order valence-corrected chi connectivity index (χ2v) is 8.82. The quantitative estimate of drug-likeness (QED) is 0.838. The molecule has 6 rings (SSSR count). The fraction of sp³-hybridized carbons (Fsp3) is 0.458. The fourth-order valence-corrected chi connectivity index (χ4v) is 5.84. The summed E-state index contributed by atoms with van der Waals surface area (Å²) in [6.45, 7) is 4.79. The zero-order chi connectivity index (χ0) is 20.0. The van der Waals surface area contributed by atoms with Gasteiger partial charge in [-0.2, -0.15) is 0 Å². The molecule has 1 saturated heterocycles. The van der Waals surface area contributed by atoms with E-state index in [9.17, 15) is 0 Å². The molecule has 2 fully saturated rings. The Balaban J connectivity index is 1.40. The number of aliphatic imine (C=N–C) groups is 1. The summed E-state index contributed by atoms with van der Waals surface area (Å²) < 4.78 is 0. The van der Waals surface area contributed by atoms with Crippen LogP contribution >= 0.6 is 0 Å². The van der Waals surface area contributed by atoms with Crippen molar-refractivity contribution in [2.75, 3.05) is 42.6 Å². The summed E-state index contributed by atoms with van der Waals surface area (Å²) >= 11 is 0. The Labute approximate surface area is 177 Å². The number of piperazine rings is 1. The van der Waals surface area contributed by atoms with E-state index in [2.05, 4.69) is 50.7 Å². The van der Waals surface area contributed by atoms with Gasteiger partial charge in [-0.05, 0) is 42.2 Å². The van der Waals surface area contributed by atoms with E-state index in [0.29, 0.717) is 6.67 Å². The highest BCUT2D eigenvalue weighted by Crippen LogP contribution is 2.55. The lowest BCUT2D eigenvalue weighted by Crippen LogP contribution is -2.43.